The molecule has 0 radical (unpaired) electrons. The number of carboxylic acids is 1. The zero-order valence-corrected chi connectivity index (χ0v) is 8.11. The van der Waals surface area contributed by atoms with Crippen LogP contribution in [-0.4, -0.2) is 63.7 Å². The summed E-state index contributed by atoms with van der Waals surface area (Å²) in [5.74, 6) is -1.23. The lowest BCUT2D eigenvalue weighted by Gasteiger charge is -2.38. The fraction of sp³-hybridized carbons (Fsp3) is 0.875. The predicted octanol–water partition coefficient (Wildman–Crippen LogP) is -2.08. The Morgan fingerprint density at radius 1 is 1.33 bits per heavy atom. The molecule has 1 fully saturated rings. The third kappa shape index (κ3) is 2.86. The van der Waals surface area contributed by atoms with Gasteiger partial charge in [0.2, 0.25) is 0 Å². The van der Waals surface area contributed by atoms with Crippen LogP contribution in [0.1, 0.15) is 6.92 Å². The molecule has 1 heterocycles. The Balaban J connectivity index is 2.57. The second kappa shape index (κ2) is 4.86. The molecule has 88 valence electrons. The average Bonchev–Trinajstić information content (AvgIpc) is 2.14. The first-order chi connectivity index (χ1) is 6.93. The van der Waals surface area contributed by atoms with Crippen LogP contribution in [0.5, 0.6) is 0 Å². The van der Waals surface area contributed by atoms with E-state index < -0.39 is 43.3 Å². The highest BCUT2D eigenvalue weighted by Crippen LogP contribution is 2.21. The number of carbonyl (C=O) groups is 1. The largest absolute Gasteiger partial charge is 0.480 e. The van der Waals surface area contributed by atoms with Gasteiger partial charge in [0.15, 0.2) is 6.29 Å². The highest BCUT2D eigenvalue weighted by atomic mass is 16.7. The molecule has 0 aromatic rings. The number of hydrogen-bond donors (Lipinski definition) is 4. The summed E-state index contributed by atoms with van der Waals surface area (Å²) in [5, 5.41) is 36.5. The molecule has 15 heavy (non-hydrogen) atoms. The van der Waals surface area contributed by atoms with Crippen molar-refractivity contribution >= 4 is 5.97 Å². The minimum Gasteiger partial charge on any atom is -0.480 e. The third-order valence-corrected chi connectivity index (χ3v) is 2.20. The van der Waals surface area contributed by atoms with Crippen molar-refractivity contribution in [3.05, 3.63) is 0 Å². The van der Waals surface area contributed by atoms with Gasteiger partial charge in [0.25, 0.3) is 0 Å². The first kappa shape index (κ1) is 12.3. The standard InChI is InChI=1S/C8H14O7/c1-3-5(11)6(12)7(8(13)15-3)14-2-4(9)10/h3,5-8,11-13H,2H2,1H3,(H,9,10)/t3-,5+,6+,7-,8-/m0/s1. The number of aliphatic hydroxyl groups excluding tert-OH is 3. The van der Waals surface area contributed by atoms with Gasteiger partial charge in [0, 0.05) is 0 Å². The Labute approximate surface area is 85.9 Å². The predicted molar refractivity (Wildman–Crippen MR) is 45.9 cm³/mol. The molecule has 0 aromatic heterocycles. The first-order valence-corrected chi connectivity index (χ1v) is 4.46. The van der Waals surface area contributed by atoms with E-state index in [4.69, 9.17) is 14.6 Å². The van der Waals surface area contributed by atoms with Gasteiger partial charge in [-0.1, -0.05) is 0 Å². The van der Waals surface area contributed by atoms with Gasteiger partial charge in [-0.3, -0.25) is 0 Å². The van der Waals surface area contributed by atoms with Crippen LogP contribution in [0.4, 0.5) is 0 Å². The molecule has 0 unspecified atom stereocenters. The maximum atomic E-state index is 10.2. The van der Waals surface area contributed by atoms with E-state index in [0.29, 0.717) is 0 Å². The van der Waals surface area contributed by atoms with E-state index in [9.17, 15) is 20.1 Å². The number of rotatable bonds is 3. The van der Waals surface area contributed by atoms with E-state index in [1.165, 1.54) is 6.92 Å². The fourth-order valence-corrected chi connectivity index (χ4v) is 1.37. The lowest BCUT2D eigenvalue weighted by atomic mass is 10.00. The summed E-state index contributed by atoms with van der Waals surface area (Å²) in [6, 6.07) is 0. The van der Waals surface area contributed by atoms with Crippen molar-refractivity contribution in [3.8, 4) is 0 Å². The lowest BCUT2D eigenvalue weighted by molar-refractivity contribution is -0.287. The van der Waals surface area contributed by atoms with E-state index in [-0.39, 0.29) is 0 Å². The second-order valence-corrected chi connectivity index (χ2v) is 3.38. The molecule has 0 amide bonds. The summed E-state index contributed by atoms with van der Waals surface area (Å²) in [7, 11) is 0. The molecule has 4 N–H and O–H groups in total. The van der Waals surface area contributed by atoms with Crippen LogP contribution in [-0.2, 0) is 14.3 Å². The SMILES string of the molecule is C[C@@H]1O[C@H](O)[C@@H](OCC(=O)O)[C@H](O)[C@@H]1O. The molecule has 0 spiro atoms. The highest BCUT2D eigenvalue weighted by Gasteiger charge is 2.42. The molecular formula is C8H14O7. The Hall–Kier alpha value is -0.730. The Bertz CT molecular complexity index is 231. The molecule has 0 aliphatic carbocycles. The van der Waals surface area contributed by atoms with Gasteiger partial charge in [0.1, 0.15) is 24.9 Å². The van der Waals surface area contributed by atoms with Crippen molar-refractivity contribution in [2.75, 3.05) is 6.61 Å². The van der Waals surface area contributed by atoms with Crippen LogP contribution >= 0.6 is 0 Å². The van der Waals surface area contributed by atoms with Crippen LogP contribution in [0.2, 0.25) is 0 Å². The summed E-state index contributed by atoms with van der Waals surface area (Å²) < 4.78 is 9.54. The van der Waals surface area contributed by atoms with Crippen LogP contribution in [0.3, 0.4) is 0 Å². The zero-order chi connectivity index (χ0) is 11.6. The summed E-state index contributed by atoms with van der Waals surface area (Å²) in [4.78, 5) is 10.2. The normalized spacial score (nSPS) is 41.5. The van der Waals surface area contributed by atoms with Gasteiger partial charge < -0.3 is 29.9 Å². The summed E-state index contributed by atoms with van der Waals surface area (Å²) >= 11 is 0. The van der Waals surface area contributed by atoms with Gasteiger partial charge in [-0.15, -0.1) is 0 Å². The zero-order valence-electron chi connectivity index (χ0n) is 8.11. The first-order valence-electron chi connectivity index (χ1n) is 4.46. The molecule has 1 aliphatic rings. The van der Waals surface area contributed by atoms with E-state index in [1.807, 2.05) is 0 Å². The molecule has 7 heteroatoms. The maximum absolute atomic E-state index is 10.2. The van der Waals surface area contributed by atoms with Gasteiger partial charge >= 0.3 is 5.97 Å². The molecule has 1 saturated heterocycles. The maximum Gasteiger partial charge on any atom is 0.329 e. The molecule has 7 nitrogen and oxygen atoms in total. The van der Waals surface area contributed by atoms with Crippen molar-refractivity contribution in [3.63, 3.8) is 0 Å². The molecule has 0 aromatic carbocycles. The van der Waals surface area contributed by atoms with Crippen LogP contribution in [0.15, 0.2) is 0 Å². The topological polar surface area (TPSA) is 116 Å². The molecule has 5 atom stereocenters. The van der Waals surface area contributed by atoms with Gasteiger partial charge in [-0.05, 0) is 6.92 Å². The number of hydrogen-bond acceptors (Lipinski definition) is 6. The number of aliphatic hydroxyl groups is 3. The number of carboxylic acid groups (broad SMARTS) is 1. The third-order valence-electron chi connectivity index (χ3n) is 2.20. The van der Waals surface area contributed by atoms with Crippen molar-refractivity contribution in [2.24, 2.45) is 0 Å². The van der Waals surface area contributed by atoms with Crippen molar-refractivity contribution in [2.45, 2.75) is 37.6 Å². The van der Waals surface area contributed by atoms with Crippen molar-refractivity contribution < 1.29 is 34.7 Å². The lowest BCUT2D eigenvalue weighted by Crippen LogP contribution is -2.57. The van der Waals surface area contributed by atoms with E-state index in [0.717, 1.165) is 0 Å². The van der Waals surface area contributed by atoms with Gasteiger partial charge in [-0.25, -0.2) is 4.79 Å². The summed E-state index contributed by atoms with van der Waals surface area (Å²) in [6.07, 6.45) is -6.03. The Morgan fingerprint density at radius 2 is 1.93 bits per heavy atom. The molecule has 1 aliphatic heterocycles. The summed E-state index contributed by atoms with van der Waals surface area (Å²) in [5.41, 5.74) is 0. The van der Waals surface area contributed by atoms with Gasteiger partial charge in [-0.2, -0.15) is 0 Å². The smallest absolute Gasteiger partial charge is 0.329 e. The number of ether oxygens (including phenoxy) is 2. The monoisotopic (exact) mass is 222 g/mol. The minimum atomic E-state index is -1.45. The quantitative estimate of drug-likeness (QED) is 0.432. The highest BCUT2D eigenvalue weighted by molar-refractivity contribution is 5.68. The van der Waals surface area contributed by atoms with Gasteiger partial charge in [0.05, 0.1) is 6.10 Å². The molecular weight excluding hydrogens is 208 g/mol. The van der Waals surface area contributed by atoms with E-state index in [2.05, 4.69) is 0 Å². The Kier molecular flexibility index (Phi) is 4.00. The van der Waals surface area contributed by atoms with Crippen LogP contribution in [0, 0.1) is 0 Å². The minimum absolute atomic E-state index is 0.677. The van der Waals surface area contributed by atoms with Crippen LogP contribution < -0.4 is 0 Å². The van der Waals surface area contributed by atoms with E-state index >= 15 is 0 Å². The fourth-order valence-electron chi connectivity index (χ4n) is 1.37. The van der Waals surface area contributed by atoms with E-state index in [1.54, 1.807) is 0 Å². The molecule has 0 saturated carbocycles. The molecule has 1 rings (SSSR count). The van der Waals surface area contributed by atoms with Crippen LogP contribution in [0.25, 0.3) is 0 Å². The van der Waals surface area contributed by atoms with Crippen molar-refractivity contribution in [1.82, 2.24) is 0 Å². The second-order valence-electron chi connectivity index (χ2n) is 3.38. The number of aliphatic carboxylic acids is 1. The summed E-state index contributed by atoms with van der Waals surface area (Å²) in [6.45, 7) is 0.799. The Morgan fingerprint density at radius 3 is 2.47 bits per heavy atom. The molecule has 0 bridgehead atoms. The van der Waals surface area contributed by atoms with Crippen molar-refractivity contribution in [1.29, 1.82) is 0 Å². The average molecular weight is 222 g/mol.